The number of hydrogen-bond donors (Lipinski definition) is 2. The molecule has 0 saturated heterocycles. The Morgan fingerprint density at radius 1 is 1.20 bits per heavy atom. The van der Waals surface area contributed by atoms with Crippen LogP contribution >= 0.6 is 0 Å². The zero-order valence-electron chi connectivity index (χ0n) is 9.21. The van der Waals surface area contributed by atoms with Crippen LogP contribution in [0.5, 0.6) is 0 Å². The summed E-state index contributed by atoms with van der Waals surface area (Å²) in [7, 11) is 0. The molecule has 4 nitrogen and oxygen atoms in total. The molecule has 1 aliphatic rings. The molecule has 0 bridgehead atoms. The first-order valence-corrected chi connectivity index (χ1v) is 5.70. The number of hydrazine groups is 1. The van der Waals surface area contributed by atoms with Crippen molar-refractivity contribution in [3.8, 4) is 0 Å². The zero-order valence-corrected chi connectivity index (χ0v) is 9.21. The molecular weight excluding hydrogens is 188 g/mol. The fourth-order valence-electron chi connectivity index (χ4n) is 2.10. The number of nitrogens with zero attached hydrogens (tertiary/aromatic N) is 2. The van der Waals surface area contributed by atoms with Crippen LogP contribution < -0.4 is 11.3 Å². The van der Waals surface area contributed by atoms with Crippen molar-refractivity contribution in [3.05, 3.63) is 17.1 Å². The molecule has 0 atom stereocenters. The van der Waals surface area contributed by atoms with Gasteiger partial charge in [0.2, 0.25) is 0 Å². The Morgan fingerprint density at radius 3 is 2.73 bits per heavy atom. The van der Waals surface area contributed by atoms with E-state index in [1.165, 1.54) is 30.5 Å². The number of nitrogens with one attached hydrogen (secondary N) is 1. The van der Waals surface area contributed by atoms with Gasteiger partial charge in [0.15, 0.2) is 0 Å². The molecule has 0 unspecified atom stereocenters. The Balaban J connectivity index is 2.45. The lowest BCUT2D eigenvalue weighted by molar-refractivity contribution is 0.708. The van der Waals surface area contributed by atoms with Crippen molar-refractivity contribution in [1.29, 1.82) is 0 Å². The average molecular weight is 206 g/mol. The van der Waals surface area contributed by atoms with Crippen LogP contribution in [0.2, 0.25) is 0 Å². The second kappa shape index (κ2) is 4.57. The Kier molecular flexibility index (Phi) is 3.16. The summed E-state index contributed by atoms with van der Waals surface area (Å²) in [5.41, 5.74) is 5.14. The molecule has 0 spiro atoms. The minimum Gasteiger partial charge on any atom is -0.308 e. The van der Waals surface area contributed by atoms with Gasteiger partial charge in [-0.2, -0.15) is 0 Å². The van der Waals surface area contributed by atoms with Crippen molar-refractivity contribution in [2.45, 2.75) is 45.4 Å². The Hall–Kier alpha value is -1.16. The summed E-state index contributed by atoms with van der Waals surface area (Å²) in [5.74, 6) is 7.23. The van der Waals surface area contributed by atoms with Crippen LogP contribution in [0.1, 0.15) is 43.3 Å². The van der Waals surface area contributed by atoms with E-state index in [0.29, 0.717) is 0 Å². The molecule has 1 aromatic heterocycles. The molecule has 2 rings (SSSR count). The largest absolute Gasteiger partial charge is 0.308 e. The van der Waals surface area contributed by atoms with Crippen molar-refractivity contribution in [2.24, 2.45) is 5.84 Å². The Labute approximate surface area is 90.3 Å². The monoisotopic (exact) mass is 206 g/mol. The van der Waals surface area contributed by atoms with E-state index in [-0.39, 0.29) is 0 Å². The predicted molar refractivity (Wildman–Crippen MR) is 60.5 cm³/mol. The predicted octanol–water partition coefficient (Wildman–Crippen LogP) is 1.59. The van der Waals surface area contributed by atoms with Crippen LogP contribution in [0.15, 0.2) is 0 Å². The van der Waals surface area contributed by atoms with Crippen molar-refractivity contribution in [3.63, 3.8) is 0 Å². The van der Waals surface area contributed by atoms with Crippen LogP contribution in [0, 0.1) is 0 Å². The van der Waals surface area contributed by atoms with Crippen molar-refractivity contribution in [1.82, 2.24) is 9.97 Å². The minimum atomic E-state index is 0.832. The number of nitrogens with two attached hydrogens (primary N) is 1. The van der Waals surface area contributed by atoms with E-state index in [1.807, 2.05) is 0 Å². The molecule has 0 fully saturated rings. The minimum absolute atomic E-state index is 0.832. The van der Waals surface area contributed by atoms with Gasteiger partial charge in [-0.05, 0) is 25.7 Å². The van der Waals surface area contributed by atoms with Gasteiger partial charge in [-0.3, -0.25) is 0 Å². The van der Waals surface area contributed by atoms with Gasteiger partial charge in [0.1, 0.15) is 11.6 Å². The lowest BCUT2D eigenvalue weighted by atomic mass is 10.1. The van der Waals surface area contributed by atoms with Crippen LogP contribution in [0.3, 0.4) is 0 Å². The van der Waals surface area contributed by atoms with E-state index in [4.69, 9.17) is 5.84 Å². The normalized spacial score (nSPS) is 15.6. The maximum absolute atomic E-state index is 5.51. The number of hydrogen-bond acceptors (Lipinski definition) is 4. The number of rotatable bonds is 2. The van der Waals surface area contributed by atoms with Crippen LogP contribution in [-0.4, -0.2) is 9.97 Å². The fraction of sp³-hybridized carbons (Fsp3) is 0.636. The molecule has 4 heteroatoms. The second-order valence-corrected chi connectivity index (χ2v) is 3.97. The standard InChI is InChI=1S/C11H18N4/c1-2-10-13-9-7-5-3-4-6-8(9)11(14-10)15-12/h2-7,12H2,1H3,(H,13,14,15). The van der Waals surface area contributed by atoms with Crippen LogP contribution in [0.4, 0.5) is 5.82 Å². The van der Waals surface area contributed by atoms with Gasteiger partial charge < -0.3 is 5.43 Å². The molecule has 1 heterocycles. The first-order chi connectivity index (χ1) is 7.35. The summed E-state index contributed by atoms with van der Waals surface area (Å²) in [5, 5.41) is 0. The molecule has 1 aliphatic carbocycles. The highest BCUT2D eigenvalue weighted by Gasteiger charge is 2.15. The van der Waals surface area contributed by atoms with E-state index in [1.54, 1.807) is 0 Å². The van der Waals surface area contributed by atoms with E-state index in [2.05, 4.69) is 22.3 Å². The van der Waals surface area contributed by atoms with Crippen molar-refractivity contribution < 1.29 is 0 Å². The van der Waals surface area contributed by atoms with Gasteiger partial charge in [-0.1, -0.05) is 13.3 Å². The van der Waals surface area contributed by atoms with Gasteiger partial charge in [-0.15, -0.1) is 0 Å². The summed E-state index contributed by atoms with van der Waals surface area (Å²) < 4.78 is 0. The smallest absolute Gasteiger partial charge is 0.147 e. The SMILES string of the molecule is CCc1nc2c(c(NN)n1)CCCCC2. The molecule has 0 aliphatic heterocycles. The van der Waals surface area contributed by atoms with Crippen LogP contribution in [-0.2, 0) is 19.3 Å². The van der Waals surface area contributed by atoms with E-state index in [9.17, 15) is 0 Å². The molecule has 0 aromatic carbocycles. The van der Waals surface area contributed by atoms with Crippen molar-refractivity contribution in [2.75, 3.05) is 5.43 Å². The third kappa shape index (κ3) is 2.09. The second-order valence-electron chi connectivity index (χ2n) is 3.97. The lowest BCUT2D eigenvalue weighted by Gasteiger charge is -2.11. The highest BCUT2D eigenvalue weighted by Crippen LogP contribution is 2.24. The third-order valence-corrected chi connectivity index (χ3v) is 2.93. The molecular formula is C11H18N4. The first kappa shape index (κ1) is 10.4. The van der Waals surface area contributed by atoms with Gasteiger partial charge >= 0.3 is 0 Å². The molecule has 15 heavy (non-hydrogen) atoms. The molecule has 1 aromatic rings. The molecule has 0 saturated carbocycles. The van der Waals surface area contributed by atoms with Gasteiger partial charge in [0.05, 0.1) is 0 Å². The van der Waals surface area contributed by atoms with Gasteiger partial charge in [0, 0.05) is 17.7 Å². The van der Waals surface area contributed by atoms with Gasteiger partial charge in [0.25, 0.3) is 0 Å². The number of fused-ring (bicyclic) bond motifs is 1. The topological polar surface area (TPSA) is 63.8 Å². The maximum Gasteiger partial charge on any atom is 0.147 e. The summed E-state index contributed by atoms with van der Waals surface area (Å²) in [6, 6.07) is 0. The number of anilines is 1. The highest BCUT2D eigenvalue weighted by molar-refractivity contribution is 5.46. The number of nitrogen functional groups attached to an aromatic ring is 1. The molecule has 3 N–H and O–H groups in total. The number of aryl methyl sites for hydroxylation is 2. The zero-order chi connectivity index (χ0) is 10.7. The quantitative estimate of drug-likeness (QED) is 0.438. The summed E-state index contributed by atoms with van der Waals surface area (Å²) in [6.45, 7) is 2.07. The van der Waals surface area contributed by atoms with Crippen molar-refractivity contribution >= 4 is 5.82 Å². The summed E-state index contributed by atoms with van der Waals surface area (Å²) >= 11 is 0. The van der Waals surface area contributed by atoms with Gasteiger partial charge in [-0.25, -0.2) is 15.8 Å². The molecule has 82 valence electrons. The lowest BCUT2D eigenvalue weighted by Crippen LogP contribution is -2.15. The van der Waals surface area contributed by atoms with E-state index in [0.717, 1.165) is 30.9 Å². The van der Waals surface area contributed by atoms with Crippen LogP contribution in [0.25, 0.3) is 0 Å². The fourth-order valence-corrected chi connectivity index (χ4v) is 2.10. The third-order valence-electron chi connectivity index (χ3n) is 2.93. The molecule has 0 amide bonds. The average Bonchev–Trinajstić information content (AvgIpc) is 2.52. The first-order valence-electron chi connectivity index (χ1n) is 5.70. The highest BCUT2D eigenvalue weighted by atomic mass is 15.3. The summed E-state index contributed by atoms with van der Waals surface area (Å²) in [4.78, 5) is 9.01. The Bertz CT molecular complexity index is 349. The summed E-state index contributed by atoms with van der Waals surface area (Å²) in [6.07, 6.45) is 6.72. The number of aromatic nitrogens is 2. The molecule has 0 radical (unpaired) electrons. The Morgan fingerprint density at radius 2 is 2.00 bits per heavy atom. The maximum atomic E-state index is 5.51. The van der Waals surface area contributed by atoms with E-state index < -0.39 is 0 Å². The van der Waals surface area contributed by atoms with E-state index >= 15 is 0 Å².